The van der Waals surface area contributed by atoms with Crippen LogP contribution in [0.4, 0.5) is 0 Å². The van der Waals surface area contributed by atoms with E-state index in [9.17, 15) is 0 Å². The summed E-state index contributed by atoms with van der Waals surface area (Å²) in [4.78, 5) is 13.7. The molecule has 0 aliphatic rings. The van der Waals surface area contributed by atoms with Gasteiger partial charge in [-0.1, -0.05) is 57.4 Å². The average Bonchev–Trinajstić information content (AvgIpc) is 2.84. The molecule has 0 unspecified atom stereocenters. The Morgan fingerprint density at radius 1 is 0.576 bits per heavy atom. The number of pyridine rings is 3. The van der Waals surface area contributed by atoms with E-state index in [1.54, 1.807) is 18.6 Å². The van der Waals surface area contributed by atoms with E-state index in [-0.39, 0.29) is 0 Å². The summed E-state index contributed by atoms with van der Waals surface area (Å²) >= 11 is 14.5. The van der Waals surface area contributed by atoms with Crippen molar-refractivity contribution in [2.45, 2.75) is 40.0 Å². The summed E-state index contributed by atoms with van der Waals surface area (Å²) < 4.78 is 0. The molecular formula is C24H30N6S3. The van der Waals surface area contributed by atoms with E-state index >= 15 is 0 Å². The van der Waals surface area contributed by atoms with Gasteiger partial charge in [-0.15, -0.1) is 0 Å². The maximum atomic E-state index is 5.44. The van der Waals surface area contributed by atoms with Crippen molar-refractivity contribution in [3.63, 3.8) is 0 Å². The smallest absolute Gasteiger partial charge is 0.104 e. The van der Waals surface area contributed by atoms with Crippen molar-refractivity contribution in [1.29, 1.82) is 0 Å². The summed E-state index contributed by atoms with van der Waals surface area (Å²) in [5.74, 6) is 0. The normalized spacial score (nSPS) is 9.55. The molecule has 3 aromatic heterocycles. The second-order valence-electron chi connectivity index (χ2n) is 6.76. The van der Waals surface area contributed by atoms with Crippen LogP contribution < -0.4 is 17.2 Å². The highest BCUT2D eigenvalue weighted by molar-refractivity contribution is 7.81. The largest absolute Gasteiger partial charge is 0.389 e. The second-order valence-corrected chi connectivity index (χ2v) is 8.08. The molecule has 9 heteroatoms. The first kappa shape index (κ1) is 28.2. The number of hydrogen-bond donors (Lipinski definition) is 3. The number of nitrogens with zero attached hydrogens (tertiary/aromatic N) is 3. The SMILES string of the molecule is CCc1cc(C(N)=S)ccn1.CCc1cc(C(N)=S)ccn1.CCc1cc(C(N)=S)ccn1. The van der Waals surface area contributed by atoms with Crippen LogP contribution in [0.2, 0.25) is 0 Å². The fraction of sp³-hybridized carbons (Fsp3) is 0.250. The number of hydrogen-bond acceptors (Lipinski definition) is 6. The van der Waals surface area contributed by atoms with Gasteiger partial charge >= 0.3 is 0 Å². The predicted molar refractivity (Wildman–Crippen MR) is 149 cm³/mol. The maximum Gasteiger partial charge on any atom is 0.104 e. The Hall–Kier alpha value is -2.88. The van der Waals surface area contributed by atoms with Gasteiger partial charge < -0.3 is 17.2 Å². The Morgan fingerprint density at radius 2 is 0.818 bits per heavy atom. The number of thiocarbonyl (C=S) groups is 3. The highest BCUT2D eigenvalue weighted by atomic mass is 32.1. The predicted octanol–water partition coefficient (Wildman–Crippen LogP) is 3.83. The summed E-state index contributed by atoms with van der Waals surface area (Å²) in [6, 6.07) is 11.2. The van der Waals surface area contributed by atoms with Gasteiger partial charge in [0.05, 0.1) is 0 Å². The minimum atomic E-state index is 0.433. The van der Waals surface area contributed by atoms with Crippen molar-refractivity contribution in [1.82, 2.24) is 15.0 Å². The molecule has 3 heterocycles. The van der Waals surface area contributed by atoms with Crippen LogP contribution in [0.1, 0.15) is 54.5 Å². The highest BCUT2D eigenvalue weighted by Crippen LogP contribution is 2.03. The van der Waals surface area contributed by atoms with Gasteiger partial charge in [-0.25, -0.2) is 0 Å². The van der Waals surface area contributed by atoms with E-state index in [1.807, 2.05) is 57.2 Å². The summed E-state index contributed by atoms with van der Waals surface area (Å²) in [5.41, 5.74) is 22.1. The molecule has 0 aliphatic heterocycles. The molecule has 0 aliphatic carbocycles. The molecule has 6 N–H and O–H groups in total. The van der Waals surface area contributed by atoms with Crippen LogP contribution in [0.25, 0.3) is 0 Å². The molecule has 33 heavy (non-hydrogen) atoms. The summed E-state index contributed by atoms with van der Waals surface area (Å²) in [7, 11) is 0. The maximum absolute atomic E-state index is 5.44. The molecule has 0 atom stereocenters. The average molecular weight is 499 g/mol. The Morgan fingerprint density at radius 3 is 1.00 bits per heavy atom. The van der Waals surface area contributed by atoms with Crippen molar-refractivity contribution >= 4 is 51.6 Å². The first-order valence-corrected chi connectivity index (χ1v) is 11.7. The zero-order valence-electron chi connectivity index (χ0n) is 19.1. The first-order valence-electron chi connectivity index (χ1n) is 10.5. The van der Waals surface area contributed by atoms with E-state index in [0.29, 0.717) is 15.0 Å². The number of nitrogens with two attached hydrogens (primary N) is 3. The van der Waals surface area contributed by atoms with Gasteiger partial charge in [-0.3, -0.25) is 15.0 Å². The lowest BCUT2D eigenvalue weighted by Gasteiger charge is -1.99. The van der Waals surface area contributed by atoms with Gasteiger partial charge in [0.25, 0.3) is 0 Å². The van der Waals surface area contributed by atoms with E-state index < -0.39 is 0 Å². The van der Waals surface area contributed by atoms with E-state index in [1.165, 1.54) is 0 Å². The van der Waals surface area contributed by atoms with Crippen LogP contribution >= 0.6 is 36.7 Å². The van der Waals surface area contributed by atoms with Crippen molar-refractivity contribution < 1.29 is 0 Å². The van der Waals surface area contributed by atoms with Gasteiger partial charge in [-0.05, 0) is 55.7 Å². The molecule has 0 radical (unpaired) electrons. The zero-order chi connectivity index (χ0) is 24.8. The second kappa shape index (κ2) is 15.0. The first-order chi connectivity index (χ1) is 15.7. The molecule has 0 aromatic carbocycles. The zero-order valence-corrected chi connectivity index (χ0v) is 21.6. The molecule has 0 amide bonds. The van der Waals surface area contributed by atoms with Crippen LogP contribution in [-0.2, 0) is 19.3 Å². The summed E-state index contributed by atoms with van der Waals surface area (Å²) in [6.07, 6.45) is 7.93. The Kier molecular flexibility index (Phi) is 12.8. The summed E-state index contributed by atoms with van der Waals surface area (Å²) in [5, 5.41) is 0. The minimum Gasteiger partial charge on any atom is -0.389 e. The van der Waals surface area contributed by atoms with Gasteiger partial charge in [0.15, 0.2) is 0 Å². The van der Waals surface area contributed by atoms with Crippen LogP contribution in [-0.4, -0.2) is 29.9 Å². The number of aromatic nitrogens is 3. The number of rotatable bonds is 6. The van der Waals surface area contributed by atoms with Gasteiger partial charge in [0.1, 0.15) is 15.0 Å². The minimum absolute atomic E-state index is 0.433. The molecule has 0 bridgehead atoms. The third-order valence-electron chi connectivity index (χ3n) is 4.39. The van der Waals surface area contributed by atoms with Crippen molar-refractivity contribution in [3.8, 4) is 0 Å². The fourth-order valence-electron chi connectivity index (χ4n) is 2.47. The molecule has 0 saturated heterocycles. The van der Waals surface area contributed by atoms with Crippen LogP contribution in [0.15, 0.2) is 55.0 Å². The monoisotopic (exact) mass is 498 g/mol. The van der Waals surface area contributed by atoms with Crippen LogP contribution in [0.5, 0.6) is 0 Å². The molecule has 0 spiro atoms. The molecule has 174 valence electrons. The molecule has 3 aromatic rings. The van der Waals surface area contributed by atoms with E-state index in [4.69, 9.17) is 53.9 Å². The van der Waals surface area contributed by atoms with E-state index in [2.05, 4.69) is 15.0 Å². The van der Waals surface area contributed by atoms with Crippen molar-refractivity contribution in [2.75, 3.05) is 0 Å². The lowest BCUT2D eigenvalue weighted by atomic mass is 10.2. The summed E-state index contributed by atoms with van der Waals surface area (Å²) in [6.45, 7) is 6.14. The van der Waals surface area contributed by atoms with Gasteiger partial charge in [-0.2, -0.15) is 0 Å². The van der Waals surface area contributed by atoms with Gasteiger partial charge in [0, 0.05) is 52.4 Å². The van der Waals surface area contributed by atoms with Crippen molar-refractivity contribution in [3.05, 3.63) is 88.8 Å². The molecule has 0 saturated carbocycles. The lowest BCUT2D eigenvalue weighted by Crippen LogP contribution is -2.09. The third-order valence-corrected chi connectivity index (χ3v) is 5.10. The van der Waals surface area contributed by atoms with Crippen LogP contribution in [0.3, 0.4) is 0 Å². The molecule has 3 rings (SSSR count). The van der Waals surface area contributed by atoms with Crippen molar-refractivity contribution in [2.24, 2.45) is 17.2 Å². The molecular weight excluding hydrogens is 469 g/mol. The number of aryl methyl sites for hydroxylation is 3. The molecule has 6 nitrogen and oxygen atoms in total. The lowest BCUT2D eigenvalue weighted by molar-refractivity contribution is 1.03. The van der Waals surface area contributed by atoms with Crippen LogP contribution in [0, 0.1) is 0 Å². The Balaban J connectivity index is 0.000000247. The molecule has 0 fully saturated rings. The highest BCUT2D eigenvalue weighted by Gasteiger charge is 1.98. The van der Waals surface area contributed by atoms with E-state index in [0.717, 1.165) is 53.0 Å². The fourth-order valence-corrected chi connectivity index (χ4v) is 2.86. The Labute approximate surface area is 212 Å². The standard InChI is InChI=1S/3C8H10N2S/c3*1-2-7-5-6(8(9)11)3-4-10-7/h3*3-5H,2H2,1H3,(H2,9,11). The third kappa shape index (κ3) is 10.5. The Bertz CT molecular complexity index is 948. The quantitative estimate of drug-likeness (QED) is 0.436. The van der Waals surface area contributed by atoms with Gasteiger partial charge in [0.2, 0.25) is 0 Å². The topological polar surface area (TPSA) is 117 Å².